The molecule has 0 rings (SSSR count). The Bertz CT molecular complexity index is 150. The van der Waals surface area contributed by atoms with Gasteiger partial charge in [0.15, 0.2) is 0 Å². The molecule has 0 radical (unpaired) electrons. The third-order valence-corrected chi connectivity index (χ3v) is 6.30. The highest BCUT2D eigenvalue weighted by Gasteiger charge is 2.28. The van der Waals surface area contributed by atoms with E-state index in [9.17, 15) is 4.79 Å². The molecule has 0 fully saturated rings. The molecule has 0 aromatic heterocycles. The third-order valence-electron chi connectivity index (χ3n) is 1.03. The van der Waals surface area contributed by atoms with Crippen LogP contribution < -0.4 is 0 Å². The van der Waals surface area contributed by atoms with E-state index in [2.05, 4.69) is 63.7 Å². The molecule has 0 N–H and O–H groups in total. The Hall–Kier alpha value is 1.39. The number of hydrogen-bond acceptors (Lipinski definition) is 2. The maximum atomic E-state index is 11.1. The van der Waals surface area contributed by atoms with Crippen LogP contribution in [-0.4, -0.2) is 26.0 Å². The predicted octanol–water partition coefficient (Wildman–Crippen LogP) is 3.19. The van der Waals surface area contributed by atoms with Gasteiger partial charge in [-0.2, -0.15) is 0 Å². The van der Waals surface area contributed by atoms with Crippen LogP contribution in [0.2, 0.25) is 0 Å². The van der Waals surface area contributed by atoms with Crippen molar-refractivity contribution in [3.63, 3.8) is 0 Å². The topological polar surface area (TPSA) is 26.3 Å². The molecule has 0 saturated heterocycles. The highest BCUT2D eigenvalue weighted by Crippen LogP contribution is 2.27. The lowest BCUT2D eigenvalue weighted by molar-refractivity contribution is -0.142. The van der Waals surface area contributed by atoms with E-state index in [1.54, 1.807) is 6.92 Å². The van der Waals surface area contributed by atoms with Gasteiger partial charge >= 0.3 is 5.97 Å². The first kappa shape index (κ1) is 13.4. The van der Waals surface area contributed by atoms with Crippen molar-refractivity contribution in [2.75, 3.05) is 6.61 Å². The van der Waals surface area contributed by atoms with Crippen LogP contribution >= 0.6 is 63.7 Å². The summed E-state index contributed by atoms with van der Waals surface area (Å²) in [5, 5.41) is 0. The van der Waals surface area contributed by atoms with Crippen LogP contribution in [0.3, 0.4) is 0 Å². The van der Waals surface area contributed by atoms with Gasteiger partial charge in [0.05, 0.1) is 15.2 Å². The molecule has 0 aliphatic rings. The largest absolute Gasteiger partial charge is 0.465 e. The van der Waals surface area contributed by atoms with Crippen LogP contribution in [0.25, 0.3) is 0 Å². The zero-order chi connectivity index (χ0) is 9.72. The fourth-order valence-corrected chi connectivity index (χ4v) is 2.56. The summed E-state index contributed by atoms with van der Waals surface area (Å²) < 4.78 is 4.84. The second-order valence-electron chi connectivity index (χ2n) is 1.93. The van der Waals surface area contributed by atoms with Crippen molar-refractivity contribution in [1.29, 1.82) is 0 Å². The Labute approximate surface area is 105 Å². The van der Waals surface area contributed by atoms with E-state index in [4.69, 9.17) is 4.74 Å². The molecule has 6 heteroatoms. The van der Waals surface area contributed by atoms with Gasteiger partial charge in [-0.25, -0.2) is 0 Å². The summed E-state index contributed by atoms with van der Waals surface area (Å²) in [5.74, 6) is -0.261. The first-order valence-corrected chi connectivity index (χ1v) is 6.89. The molecule has 0 aromatic rings. The van der Waals surface area contributed by atoms with Crippen molar-refractivity contribution in [3.8, 4) is 0 Å². The molecule has 0 aliphatic carbocycles. The first-order valence-electron chi connectivity index (χ1n) is 3.23. The van der Waals surface area contributed by atoms with E-state index in [0.717, 1.165) is 0 Å². The van der Waals surface area contributed by atoms with Gasteiger partial charge in [0.1, 0.15) is 4.83 Å². The van der Waals surface area contributed by atoms with Crippen molar-refractivity contribution in [2.24, 2.45) is 0 Å². The van der Waals surface area contributed by atoms with Gasteiger partial charge in [-0.1, -0.05) is 63.7 Å². The Morgan fingerprint density at radius 3 is 2.17 bits per heavy atom. The smallest absolute Gasteiger partial charge is 0.320 e. The van der Waals surface area contributed by atoms with E-state index in [0.29, 0.717) is 6.61 Å². The molecule has 2 nitrogen and oxygen atoms in total. The number of hydrogen-bond donors (Lipinski definition) is 0. The molecule has 2 unspecified atom stereocenters. The van der Waals surface area contributed by atoms with E-state index in [-0.39, 0.29) is 19.4 Å². The molecular formula is C6H8Br4O2. The highest BCUT2D eigenvalue weighted by atomic mass is 79.9. The van der Waals surface area contributed by atoms with E-state index >= 15 is 0 Å². The number of carbonyl (C=O) groups excluding carboxylic acids is 1. The molecule has 12 heavy (non-hydrogen) atoms. The van der Waals surface area contributed by atoms with Crippen LogP contribution in [0.15, 0.2) is 0 Å². The summed E-state index contributed by atoms with van der Waals surface area (Å²) in [6.07, 6.45) is 0. The van der Waals surface area contributed by atoms with E-state index < -0.39 is 0 Å². The van der Waals surface area contributed by atoms with Gasteiger partial charge in [-0.3, -0.25) is 4.79 Å². The minimum absolute atomic E-state index is 0.0266. The van der Waals surface area contributed by atoms with Gasteiger partial charge in [-0.15, -0.1) is 0 Å². The number of alkyl halides is 4. The van der Waals surface area contributed by atoms with Gasteiger partial charge in [0, 0.05) is 0 Å². The molecule has 2 atom stereocenters. The predicted molar refractivity (Wildman–Crippen MR) is 63.7 cm³/mol. The van der Waals surface area contributed by atoms with Crippen molar-refractivity contribution in [1.82, 2.24) is 0 Å². The number of esters is 1. The quantitative estimate of drug-likeness (QED) is 0.505. The Balaban J connectivity index is 4.00. The van der Waals surface area contributed by atoms with Gasteiger partial charge in [0.2, 0.25) is 0 Å². The van der Waals surface area contributed by atoms with Crippen LogP contribution in [0.4, 0.5) is 0 Å². The molecule has 0 bridgehead atoms. The van der Waals surface area contributed by atoms with Crippen LogP contribution in [0.1, 0.15) is 6.92 Å². The lowest BCUT2D eigenvalue weighted by Crippen LogP contribution is -2.30. The summed E-state index contributed by atoms with van der Waals surface area (Å²) in [4.78, 5) is 10.8. The van der Waals surface area contributed by atoms with Crippen molar-refractivity contribution in [3.05, 3.63) is 0 Å². The lowest BCUT2D eigenvalue weighted by atomic mass is 10.3. The summed E-state index contributed by atoms with van der Waals surface area (Å²) in [7, 11) is 0. The van der Waals surface area contributed by atoms with Crippen molar-refractivity contribution >= 4 is 69.7 Å². The standard InChI is InChI=1S/C6H8Br4O2/c1-2-12-6(11)4(8)3(7)5(9)10/h3-5H,2H2,1H3. The number of rotatable bonds is 4. The van der Waals surface area contributed by atoms with Crippen LogP contribution in [-0.2, 0) is 9.53 Å². The third kappa shape index (κ3) is 4.58. The summed E-state index contributed by atoms with van der Waals surface area (Å²) in [5.41, 5.74) is 0. The fraction of sp³-hybridized carbons (Fsp3) is 0.833. The van der Waals surface area contributed by atoms with Gasteiger partial charge < -0.3 is 4.74 Å². The molecule has 0 aliphatic heterocycles. The van der Waals surface area contributed by atoms with Crippen LogP contribution in [0.5, 0.6) is 0 Å². The molecule has 0 aromatic carbocycles. The molecular weight excluding hydrogens is 424 g/mol. The molecule has 0 amide bonds. The zero-order valence-corrected chi connectivity index (χ0v) is 12.6. The first-order chi connectivity index (χ1) is 5.50. The average Bonchev–Trinajstić information content (AvgIpc) is 2.02. The number of ether oxygens (including phenoxy) is 1. The van der Waals surface area contributed by atoms with Gasteiger partial charge in [-0.05, 0) is 6.92 Å². The minimum atomic E-state index is -0.346. The zero-order valence-electron chi connectivity index (χ0n) is 6.27. The highest BCUT2D eigenvalue weighted by molar-refractivity contribution is 9.25. The average molecular weight is 432 g/mol. The SMILES string of the molecule is CCOC(=O)C(Br)C(Br)C(Br)Br. The van der Waals surface area contributed by atoms with Crippen molar-refractivity contribution in [2.45, 2.75) is 20.3 Å². The normalized spacial score (nSPS) is 15.8. The Morgan fingerprint density at radius 2 is 1.83 bits per heavy atom. The van der Waals surface area contributed by atoms with Crippen LogP contribution in [0, 0.1) is 0 Å². The number of halogens is 4. The molecule has 0 saturated carbocycles. The molecule has 72 valence electrons. The fourth-order valence-electron chi connectivity index (χ4n) is 0.480. The number of carbonyl (C=O) groups is 1. The minimum Gasteiger partial charge on any atom is -0.465 e. The Morgan fingerprint density at radius 1 is 1.33 bits per heavy atom. The molecule has 0 heterocycles. The lowest BCUT2D eigenvalue weighted by Gasteiger charge is -2.16. The van der Waals surface area contributed by atoms with Gasteiger partial charge in [0.25, 0.3) is 0 Å². The maximum absolute atomic E-state index is 11.1. The van der Waals surface area contributed by atoms with E-state index in [1.807, 2.05) is 0 Å². The summed E-state index contributed by atoms with van der Waals surface area (Å²) >= 11 is 13.1. The summed E-state index contributed by atoms with van der Waals surface area (Å²) in [6.45, 7) is 2.18. The second kappa shape index (κ2) is 6.79. The monoisotopic (exact) mass is 428 g/mol. The summed E-state index contributed by atoms with van der Waals surface area (Å²) in [6, 6.07) is 0. The Kier molecular flexibility index (Phi) is 7.57. The maximum Gasteiger partial charge on any atom is 0.320 e. The molecule has 0 spiro atoms. The van der Waals surface area contributed by atoms with Crippen molar-refractivity contribution < 1.29 is 9.53 Å². The second-order valence-corrected chi connectivity index (χ2v) is 7.18. The van der Waals surface area contributed by atoms with E-state index in [1.165, 1.54) is 0 Å².